The summed E-state index contributed by atoms with van der Waals surface area (Å²) < 4.78 is 5.33. The number of hydrogen-bond acceptors (Lipinski definition) is 4. The molecule has 5 heteroatoms. The molecular weight excluding hydrogens is 372 g/mol. The lowest BCUT2D eigenvalue weighted by molar-refractivity contribution is -0.145. The van der Waals surface area contributed by atoms with Crippen molar-refractivity contribution in [2.45, 2.75) is 32.9 Å². The standard InChI is InChI=1S/C23H24N2O2.ClH/c1-16-7-6-8-17(2)23(16)20-11-19(13-25-14-20)21(24)12-22(26)27-15-18-9-4-3-5-10-18;/h3-11,13-14,21H,12,15,24H2,1-2H3;1H/t21-;/m0./s1. The zero-order valence-electron chi connectivity index (χ0n) is 16.1. The van der Waals surface area contributed by atoms with E-state index in [0.29, 0.717) is 0 Å². The molecule has 0 radical (unpaired) electrons. The lowest BCUT2D eigenvalue weighted by Gasteiger charge is -2.14. The molecule has 0 bridgehead atoms. The van der Waals surface area contributed by atoms with Gasteiger partial charge in [0, 0.05) is 24.0 Å². The second-order valence-electron chi connectivity index (χ2n) is 6.73. The van der Waals surface area contributed by atoms with Crippen molar-refractivity contribution in [2.75, 3.05) is 0 Å². The number of aryl methyl sites for hydroxylation is 2. The van der Waals surface area contributed by atoms with E-state index in [1.807, 2.05) is 48.7 Å². The van der Waals surface area contributed by atoms with Gasteiger partial charge in [0.1, 0.15) is 6.61 Å². The van der Waals surface area contributed by atoms with Gasteiger partial charge in [-0.1, -0.05) is 48.5 Å². The monoisotopic (exact) mass is 396 g/mol. The second kappa shape index (κ2) is 10.0. The summed E-state index contributed by atoms with van der Waals surface area (Å²) in [6.07, 6.45) is 3.66. The number of nitrogens with zero attached hydrogens (tertiary/aromatic N) is 1. The van der Waals surface area contributed by atoms with Crippen molar-refractivity contribution in [1.82, 2.24) is 4.98 Å². The quantitative estimate of drug-likeness (QED) is 0.600. The van der Waals surface area contributed by atoms with Gasteiger partial charge in [0.05, 0.1) is 6.42 Å². The number of benzene rings is 2. The van der Waals surface area contributed by atoms with Crippen LogP contribution in [0.2, 0.25) is 0 Å². The molecule has 0 spiro atoms. The fourth-order valence-corrected chi connectivity index (χ4v) is 3.16. The molecule has 0 aliphatic rings. The molecule has 0 aliphatic carbocycles. The van der Waals surface area contributed by atoms with Crippen molar-refractivity contribution in [2.24, 2.45) is 5.73 Å². The zero-order chi connectivity index (χ0) is 19.2. The van der Waals surface area contributed by atoms with E-state index >= 15 is 0 Å². The Morgan fingerprint density at radius 1 is 1.04 bits per heavy atom. The molecule has 0 fully saturated rings. The van der Waals surface area contributed by atoms with E-state index in [0.717, 1.165) is 22.3 Å². The van der Waals surface area contributed by atoms with Crippen molar-refractivity contribution in [3.63, 3.8) is 0 Å². The summed E-state index contributed by atoms with van der Waals surface area (Å²) in [4.78, 5) is 16.5. The van der Waals surface area contributed by atoms with Gasteiger partial charge in [0.15, 0.2) is 0 Å². The third-order valence-electron chi connectivity index (χ3n) is 4.59. The van der Waals surface area contributed by atoms with E-state index in [2.05, 4.69) is 31.0 Å². The molecule has 1 aromatic heterocycles. The van der Waals surface area contributed by atoms with Gasteiger partial charge in [-0.25, -0.2) is 0 Å². The lowest BCUT2D eigenvalue weighted by Crippen LogP contribution is -2.17. The van der Waals surface area contributed by atoms with Crippen LogP contribution in [0.3, 0.4) is 0 Å². The molecule has 146 valence electrons. The van der Waals surface area contributed by atoms with Crippen LogP contribution in [0.4, 0.5) is 0 Å². The third kappa shape index (κ3) is 5.41. The van der Waals surface area contributed by atoms with Crippen LogP contribution in [0.15, 0.2) is 67.0 Å². The van der Waals surface area contributed by atoms with Crippen LogP contribution in [0.5, 0.6) is 0 Å². The SMILES string of the molecule is Cc1cccc(C)c1-c1cncc([C@@H](N)CC(=O)OCc2ccccc2)c1.Cl. The average molecular weight is 397 g/mol. The predicted molar refractivity (Wildman–Crippen MR) is 114 cm³/mol. The van der Waals surface area contributed by atoms with Crippen LogP contribution >= 0.6 is 12.4 Å². The number of hydrogen-bond donors (Lipinski definition) is 1. The Balaban J connectivity index is 0.00000280. The molecule has 2 N–H and O–H groups in total. The minimum atomic E-state index is -0.454. The van der Waals surface area contributed by atoms with Gasteiger partial charge in [0.2, 0.25) is 0 Å². The maximum absolute atomic E-state index is 12.1. The van der Waals surface area contributed by atoms with E-state index in [4.69, 9.17) is 10.5 Å². The molecule has 4 nitrogen and oxygen atoms in total. The normalized spacial score (nSPS) is 11.4. The number of nitrogens with two attached hydrogens (primary N) is 1. The summed E-state index contributed by atoms with van der Waals surface area (Å²) in [5, 5.41) is 0. The van der Waals surface area contributed by atoms with Crippen molar-refractivity contribution in [3.05, 3.63) is 89.2 Å². The molecule has 0 saturated carbocycles. The van der Waals surface area contributed by atoms with Crippen molar-refractivity contribution in [1.29, 1.82) is 0 Å². The maximum atomic E-state index is 12.1. The van der Waals surface area contributed by atoms with E-state index < -0.39 is 6.04 Å². The molecule has 28 heavy (non-hydrogen) atoms. The lowest BCUT2D eigenvalue weighted by atomic mass is 9.95. The molecule has 2 aromatic carbocycles. The van der Waals surface area contributed by atoms with Gasteiger partial charge >= 0.3 is 5.97 Å². The Bertz CT molecular complexity index is 909. The highest BCUT2D eigenvalue weighted by molar-refractivity contribution is 5.85. The van der Waals surface area contributed by atoms with Gasteiger partial charge in [-0.15, -0.1) is 12.4 Å². The first-order chi connectivity index (χ1) is 13.0. The van der Waals surface area contributed by atoms with Gasteiger partial charge < -0.3 is 10.5 Å². The number of aromatic nitrogens is 1. The molecule has 3 aromatic rings. The number of esters is 1. The Morgan fingerprint density at radius 2 is 1.71 bits per heavy atom. The number of ether oxygens (including phenoxy) is 1. The molecular formula is C23H25ClN2O2. The first kappa shape index (κ1) is 21.6. The smallest absolute Gasteiger partial charge is 0.308 e. The summed E-state index contributed by atoms with van der Waals surface area (Å²) in [7, 11) is 0. The van der Waals surface area contributed by atoms with Crippen molar-refractivity contribution < 1.29 is 9.53 Å². The van der Waals surface area contributed by atoms with E-state index in [9.17, 15) is 4.79 Å². The van der Waals surface area contributed by atoms with Crippen LogP contribution in [-0.2, 0) is 16.1 Å². The van der Waals surface area contributed by atoms with Gasteiger partial charge in [-0.05, 0) is 47.7 Å². The van der Waals surface area contributed by atoms with E-state index in [1.54, 1.807) is 6.20 Å². The fraction of sp³-hybridized carbons (Fsp3) is 0.217. The Kier molecular flexibility index (Phi) is 7.73. The summed E-state index contributed by atoms with van der Waals surface area (Å²) in [6, 6.07) is 17.4. The molecule has 0 amide bonds. The maximum Gasteiger partial charge on any atom is 0.308 e. The van der Waals surface area contributed by atoms with Gasteiger partial charge in [-0.2, -0.15) is 0 Å². The highest BCUT2D eigenvalue weighted by Gasteiger charge is 2.15. The molecule has 3 rings (SSSR count). The minimum Gasteiger partial charge on any atom is -0.461 e. The number of rotatable bonds is 6. The van der Waals surface area contributed by atoms with Gasteiger partial charge in [0.25, 0.3) is 0 Å². The topological polar surface area (TPSA) is 65.2 Å². The molecule has 1 heterocycles. The average Bonchev–Trinajstić information content (AvgIpc) is 2.67. The van der Waals surface area contributed by atoms with Gasteiger partial charge in [-0.3, -0.25) is 9.78 Å². The van der Waals surface area contributed by atoms with Crippen LogP contribution in [0, 0.1) is 13.8 Å². The number of carbonyl (C=O) groups is 1. The first-order valence-electron chi connectivity index (χ1n) is 9.01. The highest BCUT2D eigenvalue weighted by atomic mass is 35.5. The van der Waals surface area contributed by atoms with Crippen LogP contribution in [0.1, 0.15) is 34.7 Å². The summed E-state index contributed by atoms with van der Waals surface area (Å²) in [5.41, 5.74) is 12.6. The van der Waals surface area contributed by atoms with Crippen molar-refractivity contribution in [3.8, 4) is 11.1 Å². The minimum absolute atomic E-state index is 0. The summed E-state index contributed by atoms with van der Waals surface area (Å²) in [6.45, 7) is 4.42. The Hall–Kier alpha value is -2.69. The van der Waals surface area contributed by atoms with Crippen LogP contribution in [0.25, 0.3) is 11.1 Å². The number of carbonyl (C=O) groups excluding carboxylic acids is 1. The third-order valence-corrected chi connectivity index (χ3v) is 4.59. The Morgan fingerprint density at radius 3 is 2.39 bits per heavy atom. The predicted octanol–water partition coefficient (Wildman–Crippen LogP) is 4.92. The molecule has 1 atom stereocenters. The van der Waals surface area contributed by atoms with Crippen LogP contribution < -0.4 is 5.73 Å². The highest BCUT2D eigenvalue weighted by Crippen LogP contribution is 2.28. The number of halogens is 1. The summed E-state index contributed by atoms with van der Waals surface area (Å²) in [5.74, 6) is -0.316. The fourth-order valence-electron chi connectivity index (χ4n) is 3.16. The largest absolute Gasteiger partial charge is 0.461 e. The van der Waals surface area contributed by atoms with E-state index in [-0.39, 0.29) is 31.4 Å². The van der Waals surface area contributed by atoms with E-state index in [1.165, 1.54) is 11.1 Å². The molecule has 0 saturated heterocycles. The first-order valence-corrected chi connectivity index (χ1v) is 9.01. The summed E-state index contributed by atoms with van der Waals surface area (Å²) >= 11 is 0. The van der Waals surface area contributed by atoms with Crippen molar-refractivity contribution >= 4 is 18.4 Å². The second-order valence-corrected chi connectivity index (χ2v) is 6.73. The van der Waals surface area contributed by atoms with Crippen LogP contribution in [-0.4, -0.2) is 11.0 Å². The number of pyridine rings is 1. The molecule has 0 unspecified atom stereocenters. The zero-order valence-corrected chi connectivity index (χ0v) is 16.9. The molecule has 0 aliphatic heterocycles. The Labute approximate surface area is 172 Å².